The Morgan fingerprint density at radius 1 is 0.944 bits per heavy atom. The molecule has 0 aliphatic rings. The summed E-state index contributed by atoms with van der Waals surface area (Å²) in [6, 6.07) is 8.25. The number of hydrogen-bond acceptors (Lipinski definition) is 2. The van der Waals surface area contributed by atoms with Crippen LogP contribution in [0.15, 0.2) is 24.3 Å². The molecular formula is C16H22N2. The summed E-state index contributed by atoms with van der Waals surface area (Å²) in [5, 5.41) is 1.17. The molecule has 0 fully saturated rings. The van der Waals surface area contributed by atoms with Crippen molar-refractivity contribution in [3.63, 3.8) is 0 Å². The molecule has 0 N–H and O–H groups in total. The Kier molecular flexibility index (Phi) is 4.68. The van der Waals surface area contributed by atoms with E-state index in [4.69, 9.17) is 0 Å². The summed E-state index contributed by atoms with van der Waals surface area (Å²) in [7, 11) is 0. The number of benzene rings is 1. The monoisotopic (exact) mass is 242 g/mol. The maximum absolute atomic E-state index is 4.64. The number of nitrogens with zero attached hydrogens (tertiary/aromatic N) is 2. The topological polar surface area (TPSA) is 25.8 Å². The smallest absolute Gasteiger partial charge is 0.129 e. The second-order valence-corrected chi connectivity index (χ2v) is 4.91. The number of aryl methyl sites for hydroxylation is 2. The fourth-order valence-corrected chi connectivity index (χ4v) is 2.29. The molecule has 2 rings (SSSR count). The highest BCUT2D eigenvalue weighted by atomic mass is 14.9. The molecule has 2 heteroatoms. The van der Waals surface area contributed by atoms with Gasteiger partial charge in [0.25, 0.3) is 0 Å². The summed E-state index contributed by atoms with van der Waals surface area (Å²) in [5.41, 5.74) is 2.18. The number of aromatic nitrogens is 2. The molecule has 18 heavy (non-hydrogen) atoms. The summed E-state index contributed by atoms with van der Waals surface area (Å²) in [5.74, 6) is 1.00. The van der Waals surface area contributed by atoms with Gasteiger partial charge in [-0.15, -0.1) is 0 Å². The zero-order valence-electron chi connectivity index (χ0n) is 11.4. The van der Waals surface area contributed by atoms with Gasteiger partial charge in [-0.1, -0.05) is 50.8 Å². The van der Waals surface area contributed by atoms with Crippen LogP contribution >= 0.6 is 0 Å². The second kappa shape index (κ2) is 6.48. The highest BCUT2D eigenvalue weighted by molar-refractivity contribution is 5.80. The highest BCUT2D eigenvalue weighted by Crippen LogP contribution is 2.15. The lowest BCUT2D eigenvalue weighted by Gasteiger charge is -2.05. The summed E-state index contributed by atoms with van der Waals surface area (Å²) in [6.07, 6.45) is 7.49. The van der Waals surface area contributed by atoms with Gasteiger partial charge < -0.3 is 0 Å². The van der Waals surface area contributed by atoms with E-state index in [9.17, 15) is 0 Å². The minimum absolute atomic E-state index is 1.00. The molecule has 0 saturated carbocycles. The van der Waals surface area contributed by atoms with Gasteiger partial charge in [-0.2, -0.15) is 0 Å². The van der Waals surface area contributed by atoms with E-state index in [-0.39, 0.29) is 0 Å². The minimum atomic E-state index is 1.00. The summed E-state index contributed by atoms with van der Waals surface area (Å²) < 4.78 is 0. The summed E-state index contributed by atoms with van der Waals surface area (Å²) in [4.78, 5) is 9.25. The van der Waals surface area contributed by atoms with Crippen LogP contribution in [0.25, 0.3) is 10.9 Å². The van der Waals surface area contributed by atoms with Crippen molar-refractivity contribution in [1.29, 1.82) is 0 Å². The van der Waals surface area contributed by atoms with Crippen molar-refractivity contribution < 1.29 is 0 Å². The SMILES string of the molecule is CCCCCCCc1nc(C)c2ccccc2n1. The first kappa shape index (κ1) is 13.0. The third-order valence-corrected chi connectivity index (χ3v) is 3.34. The van der Waals surface area contributed by atoms with Gasteiger partial charge in [-0.3, -0.25) is 0 Å². The number of rotatable bonds is 6. The van der Waals surface area contributed by atoms with Crippen LogP contribution in [-0.4, -0.2) is 9.97 Å². The normalized spacial score (nSPS) is 11.0. The summed E-state index contributed by atoms with van der Waals surface area (Å²) in [6.45, 7) is 4.32. The zero-order chi connectivity index (χ0) is 12.8. The lowest BCUT2D eigenvalue weighted by molar-refractivity contribution is 0.623. The molecule has 1 aromatic heterocycles. The van der Waals surface area contributed by atoms with Crippen molar-refractivity contribution in [2.24, 2.45) is 0 Å². The fourth-order valence-electron chi connectivity index (χ4n) is 2.29. The molecule has 0 amide bonds. The minimum Gasteiger partial charge on any atom is -0.238 e. The quantitative estimate of drug-likeness (QED) is 0.699. The van der Waals surface area contributed by atoms with Crippen molar-refractivity contribution in [3.05, 3.63) is 35.8 Å². The largest absolute Gasteiger partial charge is 0.238 e. The third-order valence-electron chi connectivity index (χ3n) is 3.34. The Morgan fingerprint density at radius 2 is 1.72 bits per heavy atom. The Balaban J connectivity index is 2.01. The van der Waals surface area contributed by atoms with Crippen molar-refractivity contribution in [2.45, 2.75) is 52.4 Å². The van der Waals surface area contributed by atoms with Crippen LogP contribution in [-0.2, 0) is 6.42 Å². The van der Waals surface area contributed by atoms with E-state index in [1.165, 1.54) is 37.5 Å². The van der Waals surface area contributed by atoms with Crippen molar-refractivity contribution in [1.82, 2.24) is 9.97 Å². The molecule has 1 aromatic carbocycles. The van der Waals surface area contributed by atoms with Crippen molar-refractivity contribution in [3.8, 4) is 0 Å². The van der Waals surface area contributed by atoms with Crippen LogP contribution < -0.4 is 0 Å². The molecule has 0 saturated heterocycles. The lowest BCUT2D eigenvalue weighted by Crippen LogP contribution is -1.98. The van der Waals surface area contributed by atoms with E-state index in [0.29, 0.717) is 0 Å². The molecule has 0 radical (unpaired) electrons. The van der Waals surface area contributed by atoms with E-state index in [0.717, 1.165) is 23.5 Å². The molecular weight excluding hydrogens is 220 g/mol. The van der Waals surface area contributed by atoms with Gasteiger partial charge >= 0.3 is 0 Å². The Hall–Kier alpha value is -1.44. The first-order valence-electron chi connectivity index (χ1n) is 7.03. The van der Waals surface area contributed by atoms with Crippen LogP contribution in [0.5, 0.6) is 0 Å². The molecule has 2 aromatic rings. The maximum Gasteiger partial charge on any atom is 0.129 e. The summed E-state index contributed by atoms with van der Waals surface area (Å²) >= 11 is 0. The molecule has 0 aliphatic carbocycles. The van der Waals surface area contributed by atoms with E-state index >= 15 is 0 Å². The first-order valence-corrected chi connectivity index (χ1v) is 7.03. The Labute approximate surface area is 109 Å². The fraction of sp³-hybridized carbons (Fsp3) is 0.500. The number of fused-ring (bicyclic) bond motifs is 1. The van der Waals surface area contributed by atoms with Crippen LogP contribution in [0.2, 0.25) is 0 Å². The molecule has 0 spiro atoms. The molecule has 1 heterocycles. The van der Waals surface area contributed by atoms with Crippen LogP contribution in [0, 0.1) is 6.92 Å². The first-order chi connectivity index (χ1) is 8.81. The number of unbranched alkanes of at least 4 members (excludes halogenated alkanes) is 4. The Bertz CT molecular complexity index is 505. The van der Waals surface area contributed by atoms with E-state index < -0.39 is 0 Å². The molecule has 0 aliphatic heterocycles. The van der Waals surface area contributed by atoms with E-state index in [2.05, 4.69) is 35.9 Å². The van der Waals surface area contributed by atoms with Gasteiger partial charge in [0.1, 0.15) is 5.82 Å². The maximum atomic E-state index is 4.64. The van der Waals surface area contributed by atoms with Gasteiger partial charge in [0.05, 0.1) is 5.52 Å². The zero-order valence-corrected chi connectivity index (χ0v) is 11.4. The Morgan fingerprint density at radius 3 is 2.56 bits per heavy atom. The average molecular weight is 242 g/mol. The van der Waals surface area contributed by atoms with Crippen LogP contribution in [0.4, 0.5) is 0 Å². The van der Waals surface area contributed by atoms with Gasteiger partial charge in [0, 0.05) is 17.5 Å². The second-order valence-electron chi connectivity index (χ2n) is 4.91. The van der Waals surface area contributed by atoms with Crippen molar-refractivity contribution >= 4 is 10.9 Å². The van der Waals surface area contributed by atoms with Gasteiger partial charge in [-0.25, -0.2) is 9.97 Å². The molecule has 2 nitrogen and oxygen atoms in total. The van der Waals surface area contributed by atoms with E-state index in [1.807, 2.05) is 12.1 Å². The van der Waals surface area contributed by atoms with Gasteiger partial charge in [-0.05, 0) is 19.4 Å². The van der Waals surface area contributed by atoms with Crippen molar-refractivity contribution in [2.75, 3.05) is 0 Å². The predicted molar refractivity (Wildman–Crippen MR) is 76.7 cm³/mol. The molecule has 96 valence electrons. The van der Waals surface area contributed by atoms with Gasteiger partial charge in [0.15, 0.2) is 0 Å². The number of hydrogen-bond donors (Lipinski definition) is 0. The molecule has 0 unspecified atom stereocenters. The van der Waals surface area contributed by atoms with Crippen LogP contribution in [0.1, 0.15) is 50.5 Å². The van der Waals surface area contributed by atoms with E-state index in [1.54, 1.807) is 0 Å². The average Bonchev–Trinajstić information content (AvgIpc) is 2.39. The van der Waals surface area contributed by atoms with Crippen LogP contribution in [0.3, 0.4) is 0 Å². The standard InChI is InChI=1S/C16H22N2/c1-3-4-5-6-7-12-16-17-13(2)14-10-8-9-11-15(14)18-16/h8-11H,3-7,12H2,1-2H3. The highest BCUT2D eigenvalue weighted by Gasteiger charge is 2.03. The third kappa shape index (κ3) is 3.28. The molecule has 0 atom stereocenters. The number of para-hydroxylation sites is 1. The predicted octanol–water partition coefficient (Wildman–Crippen LogP) is 4.45. The lowest BCUT2D eigenvalue weighted by atomic mass is 10.1. The molecule has 0 bridgehead atoms. The van der Waals surface area contributed by atoms with Gasteiger partial charge in [0.2, 0.25) is 0 Å².